The molecule has 3 unspecified atom stereocenters. The molecule has 0 spiro atoms. The highest BCUT2D eigenvalue weighted by atomic mass is 16.5. The third-order valence-electron chi connectivity index (χ3n) is 4.69. The van der Waals surface area contributed by atoms with Gasteiger partial charge in [0.25, 0.3) is 0 Å². The Morgan fingerprint density at radius 3 is 2.68 bits per heavy atom. The van der Waals surface area contributed by atoms with Crippen LogP contribution in [0.5, 0.6) is 0 Å². The number of carboxylic acids is 1. The molecule has 22 heavy (non-hydrogen) atoms. The molecule has 1 aromatic rings. The van der Waals surface area contributed by atoms with E-state index in [1.165, 1.54) is 12.1 Å². The number of fused-ring (bicyclic) bond motifs is 1. The Morgan fingerprint density at radius 1 is 1.18 bits per heavy atom. The molecular formula is C17H21NO4. The summed E-state index contributed by atoms with van der Waals surface area (Å²) in [6.07, 6.45) is 4.85. The highest BCUT2D eigenvalue weighted by Crippen LogP contribution is 2.34. The lowest BCUT2D eigenvalue weighted by Crippen LogP contribution is -2.46. The maximum atomic E-state index is 12.2. The zero-order chi connectivity index (χ0) is 15.5. The second-order valence-corrected chi connectivity index (χ2v) is 6.15. The average molecular weight is 303 g/mol. The molecule has 1 aliphatic heterocycles. The Hall–Kier alpha value is -1.88. The smallest absolute Gasteiger partial charge is 0.335 e. The summed E-state index contributed by atoms with van der Waals surface area (Å²) in [5.41, 5.74) is 1.07. The van der Waals surface area contributed by atoms with Crippen molar-refractivity contribution in [3.63, 3.8) is 0 Å². The summed E-state index contributed by atoms with van der Waals surface area (Å²) >= 11 is 0. The van der Waals surface area contributed by atoms with Gasteiger partial charge in [-0.3, -0.25) is 4.79 Å². The summed E-state index contributed by atoms with van der Waals surface area (Å²) in [5, 5.41) is 12.0. The van der Waals surface area contributed by atoms with Gasteiger partial charge in [0.1, 0.15) is 0 Å². The number of amides is 1. The van der Waals surface area contributed by atoms with Gasteiger partial charge in [-0.1, -0.05) is 12.1 Å². The summed E-state index contributed by atoms with van der Waals surface area (Å²) in [4.78, 5) is 23.0. The Morgan fingerprint density at radius 2 is 1.95 bits per heavy atom. The first-order valence-electron chi connectivity index (χ1n) is 7.86. The van der Waals surface area contributed by atoms with Crippen LogP contribution in [0.1, 0.15) is 41.6 Å². The number of hydrogen-bond donors (Lipinski definition) is 2. The minimum atomic E-state index is -0.953. The minimum absolute atomic E-state index is 0.000579. The number of aromatic carboxylic acids is 1. The van der Waals surface area contributed by atoms with Crippen LogP contribution in [-0.4, -0.2) is 35.7 Å². The van der Waals surface area contributed by atoms with Crippen LogP contribution in [-0.2, 0) is 16.0 Å². The van der Waals surface area contributed by atoms with Crippen molar-refractivity contribution in [2.75, 3.05) is 6.61 Å². The van der Waals surface area contributed by atoms with Crippen molar-refractivity contribution < 1.29 is 19.4 Å². The summed E-state index contributed by atoms with van der Waals surface area (Å²) < 4.78 is 5.72. The molecule has 5 nitrogen and oxygen atoms in total. The molecule has 1 heterocycles. The molecule has 118 valence electrons. The fraction of sp³-hybridized carbons (Fsp3) is 0.529. The van der Waals surface area contributed by atoms with Crippen LogP contribution in [0.3, 0.4) is 0 Å². The van der Waals surface area contributed by atoms with Crippen molar-refractivity contribution in [3.8, 4) is 0 Å². The SMILES string of the molecule is O=C(Cc1ccc(C(=O)O)cc1)NC1CCCC2OCCC12. The van der Waals surface area contributed by atoms with E-state index < -0.39 is 5.97 Å². The van der Waals surface area contributed by atoms with Crippen LogP contribution >= 0.6 is 0 Å². The van der Waals surface area contributed by atoms with Crippen molar-refractivity contribution in [2.24, 2.45) is 5.92 Å². The number of hydrogen-bond acceptors (Lipinski definition) is 3. The van der Waals surface area contributed by atoms with E-state index in [0.717, 1.165) is 37.9 Å². The van der Waals surface area contributed by atoms with Crippen molar-refractivity contribution >= 4 is 11.9 Å². The van der Waals surface area contributed by atoms with Gasteiger partial charge < -0.3 is 15.2 Å². The van der Waals surface area contributed by atoms with Crippen LogP contribution in [0.4, 0.5) is 0 Å². The third kappa shape index (κ3) is 3.30. The summed E-state index contributed by atoms with van der Waals surface area (Å²) in [5.74, 6) is -0.502. The van der Waals surface area contributed by atoms with E-state index in [-0.39, 0.29) is 23.9 Å². The molecule has 3 rings (SSSR count). The highest BCUT2D eigenvalue weighted by Gasteiger charge is 2.38. The Bertz CT molecular complexity index is 554. The van der Waals surface area contributed by atoms with Gasteiger partial charge in [-0.05, 0) is 43.4 Å². The molecule has 1 amide bonds. The molecule has 2 fully saturated rings. The molecule has 1 aliphatic carbocycles. The van der Waals surface area contributed by atoms with Gasteiger partial charge in [0.15, 0.2) is 0 Å². The van der Waals surface area contributed by atoms with Crippen LogP contribution in [0.15, 0.2) is 24.3 Å². The fourth-order valence-electron chi connectivity index (χ4n) is 3.56. The number of rotatable bonds is 4. The van der Waals surface area contributed by atoms with Gasteiger partial charge in [-0.25, -0.2) is 4.79 Å². The van der Waals surface area contributed by atoms with Crippen LogP contribution in [0, 0.1) is 5.92 Å². The highest BCUT2D eigenvalue weighted by molar-refractivity contribution is 5.87. The summed E-state index contributed by atoms with van der Waals surface area (Å²) in [6, 6.07) is 6.68. The predicted octanol–water partition coefficient (Wildman–Crippen LogP) is 2.00. The number of nitrogens with one attached hydrogen (secondary N) is 1. The van der Waals surface area contributed by atoms with Gasteiger partial charge in [-0.2, -0.15) is 0 Å². The van der Waals surface area contributed by atoms with Gasteiger partial charge in [0.05, 0.1) is 18.1 Å². The second kappa shape index (κ2) is 6.48. The van der Waals surface area contributed by atoms with Crippen LogP contribution < -0.4 is 5.32 Å². The van der Waals surface area contributed by atoms with E-state index in [2.05, 4.69) is 5.32 Å². The molecule has 5 heteroatoms. The van der Waals surface area contributed by atoms with Crippen molar-refractivity contribution in [1.82, 2.24) is 5.32 Å². The number of carbonyl (C=O) groups is 2. The molecule has 3 atom stereocenters. The lowest BCUT2D eigenvalue weighted by atomic mass is 9.81. The molecule has 2 N–H and O–H groups in total. The van der Waals surface area contributed by atoms with Crippen molar-refractivity contribution in [2.45, 2.75) is 44.2 Å². The van der Waals surface area contributed by atoms with E-state index in [1.54, 1.807) is 12.1 Å². The van der Waals surface area contributed by atoms with E-state index in [4.69, 9.17) is 9.84 Å². The predicted molar refractivity (Wildman–Crippen MR) is 80.7 cm³/mol. The fourth-order valence-corrected chi connectivity index (χ4v) is 3.56. The third-order valence-corrected chi connectivity index (χ3v) is 4.69. The van der Waals surface area contributed by atoms with Crippen molar-refractivity contribution in [1.29, 1.82) is 0 Å². The second-order valence-electron chi connectivity index (χ2n) is 6.15. The van der Waals surface area contributed by atoms with Crippen LogP contribution in [0.2, 0.25) is 0 Å². The first kappa shape index (κ1) is 15.0. The monoisotopic (exact) mass is 303 g/mol. The van der Waals surface area contributed by atoms with Gasteiger partial charge in [0.2, 0.25) is 5.91 Å². The maximum absolute atomic E-state index is 12.2. The average Bonchev–Trinajstić information content (AvgIpc) is 2.97. The Kier molecular flexibility index (Phi) is 4.43. The van der Waals surface area contributed by atoms with Gasteiger partial charge in [-0.15, -0.1) is 0 Å². The van der Waals surface area contributed by atoms with E-state index >= 15 is 0 Å². The zero-order valence-corrected chi connectivity index (χ0v) is 12.5. The van der Waals surface area contributed by atoms with Gasteiger partial charge in [0, 0.05) is 18.6 Å². The molecule has 1 saturated carbocycles. The Balaban J connectivity index is 1.56. The first-order valence-corrected chi connectivity index (χ1v) is 7.86. The topological polar surface area (TPSA) is 75.6 Å². The van der Waals surface area contributed by atoms with E-state index in [1.807, 2.05) is 0 Å². The van der Waals surface area contributed by atoms with E-state index in [9.17, 15) is 9.59 Å². The lowest BCUT2D eigenvalue weighted by molar-refractivity contribution is -0.122. The number of carboxylic acid groups (broad SMARTS) is 1. The standard InChI is InChI=1S/C17H21NO4/c19-16(10-11-4-6-12(7-5-11)17(20)21)18-14-2-1-3-15-13(14)8-9-22-15/h4-7,13-15H,1-3,8-10H2,(H,18,19)(H,20,21). The largest absolute Gasteiger partial charge is 0.478 e. The maximum Gasteiger partial charge on any atom is 0.335 e. The van der Waals surface area contributed by atoms with Crippen LogP contribution in [0.25, 0.3) is 0 Å². The molecular weight excluding hydrogens is 282 g/mol. The first-order chi connectivity index (χ1) is 10.6. The summed E-state index contributed by atoms with van der Waals surface area (Å²) in [6.45, 7) is 0.804. The molecule has 1 aromatic carbocycles. The molecule has 0 aromatic heterocycles. The summed E-state index contributed by atoms with van der Waals surface area (Å²) in [7, 11) is 0. The minimum Gasteiger partial charge on any atom is -0.478 e. The number of benzene rings is 1. The molecule has 0 radical (unpaired) electrons. The quantitative estimate of drug-likeness (QED) is 0.892. The van der Waals surface area contributed by atoms with Gasteiger partial charge >= 0.3 is 5.97 Å². The van der Waals surface area contributed by atoms with E-state index in [0.29, 0.717) is 12.0 Å². The Labute approximate surface area is 129 Å². The molecule has 1 saturated heterocycles. The molecule has 2 aliphatic rings. The van der Waals surface area contributed by atoms with Crippen molar-refractivity contribution in [3.05, 3.63) is 35.4 Å². The number of carbonyl (C=O) groups excluding carboxylic acids is 1. The zero-order valence-electron chi connectivity index (χ0n) is 12.5. The molecule has 0 bridgehead atoms. The lowest BCUT2D eigenvalue weighted by Gasteiger charge is -2.33. The normalized spacial score (nSPS) is 27.2. The number of ether oxygens (including phenoxy) is 1.